The van der Waals surface area contributed by atoms with Crippen LogP contribution in [0.3, 0.4) is 0 Å². The van der Waals surface area contributed by atoms with Crippen LogP contribution in [0.2, 0.25) is 0 Å². The van der Waals surface area contributed by atoms with Gasteiger partial charge in [-0.05, 0) is 55.8 Å². The van der Waals surface area contributed by atoms with E-state index in [4.69, 9.17) is 0 Å². The molecule has 0 bridgehead atoms. The first-order valence-corrected chi connectivity index (χ1v) is 9.72. The van der Waals surface area contributed by atoms with Gasteiger partial charge in [-0.25, -0.2) is 0 Å². The number of nitrogens with one attached hydrogen (secondary N) is 2. The van der Waals surface area contributed by atoms with E-state index in [9.17, 15) is 4.79 Å². The van der Waals surface area contributed by atoms with Gasteiger partial charge in [0.2, 0.25) is 5.91 Å². The zero-order valence-electron chi connectivity index (χ0n) is 16.3. The molecule has 1 aliphatic heterocycles. The zero-order valence-corrected chi connectivity index (χ0v) is 17.1. The molecule has 27 heavy (non-hydrogen) atoms. The fourth-order valence-electron chi connectivity index (χ4n) is 4.06. The molecule has 0 aliphatic carbocycles. The summed E-state index contributed by atoms with van der Waals surface area (Å²) < 4.78 is 0. The van der Waals surface area contributed by atoms with Gasteiger partial charge in [0, 0.05) is 6.42 Å². The summed E-state index contributed by atoms with van der Waals surface area (Å²) in [6, 6.07) is 20.5. The first-order valence-electron chi connectivity index (χ1n) is 9.72. The van der Waals surface area contributed by atoms with Gasteiger partial charge in [0.05, 0.1) is 5.54 Å². The van der Waals surface area contributed by atoms with E-state index in [2.05, 4.69) is 48.7 Å². The number of hydrogen-bond acceptors (Lipinski definition) is 2. The third-order valence-corrected chi connectivity index (χ3v) is 5.79. The topological polar surface area (TPSA) is 41.1 Å². The van der Waals surface area contributed by atoms with Crippen molar-refractivity contribution in [3.63, 3.8) is 0 Å². The van der Waals surface area contributed by atoms with Crippen molar-refractivity contribution in [2.24, 2.45) is 11.8 Å². The summed E-state index contributed by atoms with van der Waals surface area (Å²) in [6.45, 7) is 6.47. The van der Waals surface area contributed by atoms with Crippen LogP contribution in [0.25, 0.3) is 0 Å². The van der Waals surface area contributed by atoms with Crippen molar-refractivity contribution in [3.05, 3.63) is 71.8 Å². The Labute approximate surface area is 169 Å². The van der Waals surface area contributed by atoms with Gasteiger partial charge in [-0.15, -0.1) is 12.4 Å². The minimum atomic E-state index is -0.520. The number of rotatable bonds is 6. The van der Waals surface area contributed by atoms with Crippen LogP contribution in [0.1, 0.15) is 44.2 Å². The number of hydrogen-bond donors (Lipinski definition) is 2. The Hall–Kier alpha value is -1.84. The maximum Gasteiger partial charge on any atom is 0.221 e. The largest absolute Gasteiger partial charge is 0.343 e. The number of amides is 1. The molecule has 1 saturated heterocycles. The van der Waals surface area contributed by atoms with Crippen LogP contribution in [-0.2, 0) is 10.3 Å². The van der Waals surface area contributed by atoms with Gasteiger partial charge in [0.25, 0.3) is 0 Å². The highest BCUT2D eigenvalue weighted by Crippen LogP contribution is 2.30. The van der Waals surface area contributed by atoms with Crippen LogP contribution >= 0.6 is 12.4 Å². The van der Waals surface area contributed by atoms with Crippen molar-refractivity contribution in [1.82, 2.24) is 10.6 Å². The van der Waals surface area contributed by atoms with Crippen LogP contribution in [-0.4, -0.2) is 19.0 Å². The van der Waals surface area contributed by atoms with Crippen molar-refractivity contribution < 1.29 is 4.79 Å². The third kappa shape index (κ3) is 5.33. The van der Waals surface area contributed by atoms with E-state index in [0.717, 1.165) is 24.2 Å². The summed E-state index contributed by atoms with van der Waals surface area (Å²) in [5.74, 6) is 1.18. The summed E-state index contributed by atoms with van der Waals surface area (Å²) in [7, 11) is 0. The van der Waals surface area contributed by atoms with Crippen LogP contribution in [0, 0.1) is 11.8 Å². The molecule has 0 spiro atoms. The van der Waals surface area contributed by atoms with Crippen LogP contribution < -0.4 is 10.6 Å². The molecule has 4 heteroatoms. The molecule has 2 aromatic rings. The summed E-state index contributed by atoms with van der Waals surface area (Å²) in [4.78, 5) is 12.9. The first kappa shape index (κ1) is 21.5. The molecular formula is C23H31ClN2O. The lowest BCUT2D eigenvalue weighted by Gasteiger charge is -2.34. The van der Waals surface area contributed by atoms with Gasteiger partial charge in [-0.3, -0.25) is 4.79 Å². The number of benzene rings is 2. The fourth-order valence-corrected chi connectivity index (χ4v) is 4.06. The van der Waals surface area contributed by atoms with Crippen molar-refractivity contribution in [2.45, 2.75) is 38.6 Å². The standard InChI is InChI=1S/C23H30N2O.ClH/c1-18(19-13-15-24-16-14-19)17-22(26)25-23(2,20-9-5-3-6-10-20)21-11-7-4-8-12-21;/h3-12,18-19,24H,13-17H2,1-2H3,(H,25,26);1H. The molecule has 1 unspecified atom stereocenters. The highest BCUT2D eigenvalue weighted by molar-refractivity contribution is 5.85. The van der Waals surface area contributed by atoms with Gasteiger partial charge in [0.1, 0.15) is 0 Å². The Morgan fingerprint density at radius 3 is 2.00 bits per heavy atom. The normalized spacial score (nSPS) is 16.2. The highest BCUT2D eigenvalue weighted by atomic mass is 35.5. The molecule has 1 fully saturated rings. The van der Waals surface area contributed by atoms with Gasteiger partial charge < -0.3 is 10.6 Å². The maximum absolute atomic E-state index is 12.9. The molecule has 1 aliphatic rings. The minimum Gasteiger partial charge on any atom is -0.343 e. The molecule has 0 radical (unpaired) electrons. The molecule has 1 heterocycles. The molecule has 2 N–H and O–H groups in total. The monoisotopic (exact) mass is 386 g/mol. The number of carbonyl (C=O) groups is 1. The predicted octanol–water partition coefficient (Wildman–Crippen LogP) is 4.51. The van der Waals surface area contributed by atoms with E-state index < -0.39 is 5.54 Å². The number of halogens is 1. The van der Waals surface area contributed by atoms with Crippen molar-refractivity contribution in [3.8, 4) is 0 Å². The summed E-state index contributed by atoms with van der Waals surface area (Å²) >= 11 is 0. The maximum atomic E-state index is 12.9. The lowest BCUT2D eigenvalue weighted by Crippen LogP contribution is -2.45. The number of piperidine rings is 1. The third-order valence-electron chi connectivity index (χ3n) is 5.79. The van der Waals surface area contributed by atoms with Gasteiger partial charge in [-0.2, -0.15) is 0 Å². The molecule has 0 saturated carbocycles. The average molecular weight is 387 g/mol. The Kier molecular flexibility index (Phi) is 7.88. The van der Waals surface area contributed by atoms with E-state index in [-0.39, 0.29) is 18.3 Å². The van der Waals surface area contributed by atoms with Crippen LogP contribution in [0.4, 0.5) is 0 Å². The van der Waals surface area contributed by atoms with E-state index in [1.165, 1.54) is 12.8 Å². The van der Waals surface area contributed by atoms with Gasteiger partial charge >= 0.3 is 0 Å². The predicted molar refractivity (Wildman–Crippen MR) is 114 cm³/mol. The first-order chi connectivity index (χ1) is 12.6. The van der Waals surface area contributed by atoms with Crippen LogP contribution in [0.15, 0.2) is 60.7 Å². The second-order valence-electron chi connectivity index (χ2n) is 7.67. The quantitative estimate of drug-likeness (QED) is 0.766. The molecular weight excluding hydrogens is 356 g/mol. The van der Waals surface area contributed by atoms with E-state index in [0.29, 0.717) is 18.3 Å². The molecule has 1 atom stereocenters. The fraction of sp³-hybridized carbons (Fsp3) is 0.435. The Bertz CT molecular complexity index is 659. The summed E-state index contributed by atoms with van der Waals surface area (Å²) in [6.07, 6.45) is 2.92. The Morgan fingerprint density at radius 1 is 1.04 bits per heavy atom. The van der Waals surface area contributed by atoms with Gasteiger partial charge in [-0.1, -0.05) is 67.6 Å². The highest BCUT2D eigenvalue weighted by Gasteiger charge is 2.31. The SMILES string of the molecule is CC(CC(=O)NC(C)(c1ccccc1)c1ccccc1)C1CCNCC1.Cl. The van der Waals surface area contributed by atoms with E-state index in [1.807, 2.05) is 36.4 Å². The summed E-state index contributed by atoms with van der Waals surface area (Å²) in [5.41, 5.74) is 1.69. The molecule has 1 amide bonds. The Balaban J connectivity index is 0.00000261. The second-order valence-corrected chi connectivity index (χ2v) is 7.67. The molecule has 2 aromatic carbocycles. The molecule has 3 nitrogen and oxygen atoms in total. The smallest absolute Gasteiger partial charge is 0.221 e. The second kappa shape index (κ2) is 9.91. The lowest BCUT2D eigenvalue weighted by atomic mass is 9.82. The van der Waals surface area contributed by atoms with E-state index >= 15 is 0 Å². The number of carbonyl (C=O) groups excluding carboxylic acids is 1. The molecule has 0 aromatic heterocycles. The Morgan fingerprint density at radius 2 is 1.52 bits per heavy atom. The zero-order chi connectivity index (χ0) is 18.4. The molecule has 146 valence electrons. The van der Waals surface area contributed by atoms with Crippen molar-refractivity contribution in [1.29, 1.82) is 0 Å². The summed E-state index contributed by atoms with van der Waals surface area (Å²) in [5, 5.41) is 6.75. The van der Waals surface area contributed by atoms with Crippen LogP contribution in [0.5, 0.6) is 0 Å². The minimum absolute atomic E-state index is 0. The molecule has 3 rings (SSSR count). The van der Waals surface area contributed by atoms with E-state index in [1.54, 1.807) is 0 Å². The van der Waals surface area contributed by atoms with Crippen molar-refractivity contribution in [2.75, 3.05) is 13.1 Å². The van der Waals surface area contributed by atoms with Gasteiger partial charge in [0.15, 0.2) is 0 Å². The van der Waals surface area contributed by atoms with Crippen molar-refractivity contribution >= 4 is 18.3 Å². The lowest BCUT2D eigenvalue weighted by molar-refractivity contribution is -0.123. The average Bonchev–Trinajstić information content (AvgIpc) is 2.70.